The van der Waals surface area contributed by atoms with Crippen molar-refractivity contribution < 1.29 is 14.3 Å². The van der Waals surface area contributed by atoms with Crippen LogP contribution in [-0.4, -0.2) is 28.7 Å². The molecule has 1 amide bonds. The number of methoxy groups -OCH3 is 1. The molecule has 0 unspecified atom stereocenters. The lowest BCUT2D eigenvalue weighted by atomic mass is 10.2. The van der Waals surface area contributed by atoms with Gasteiger partial charge in [0.1, 0.15) is 6.33 Å². The van der Waals surface area contributed by atoms with Crippen LogP contribution in [0.3, 0.4) is 0 Å². The lowest BCUT2D eigenvalue weighted by Gasteiger charge is -2.12. The molecule has 0 atom stereocenters. The van der Waals surface area contributed by atoms with Crippen molar-refractivity contribution in [1.82, 2.24) is 9.55 Å². The number of esters is 1. The predicted molar refractivity (Wildman–Crippen MR) is 79.8 cm³/mol. The molecule has 2 rings (SSSR count). The first-order valence-electron chi connectivity index (χ1n) is 5.39. The summed E-state index contributed by atoms with van der Waals surface area (Å²) < 4.78 is 7.21. The smallest absolute Gasteiger partial charge is 0.340 e. The number of imidazole rings is 1. The zero-order valence-electron chi connectivity index (χ0n) is 10.3. The van der Waals surface area contributed by atoms with E-state index in [4.69, 9.17) is 4.74 Å². The van der Waals surface area contributed by atoms with Crippen LogP contribution in [-0.2, 0) is 4.74 Å². The molecule has 8 heteroatoms. The van der Waals surface area contributed by atoms with Crippen molar-refractivity contribution in [2.45, 2.75) is 0 Å². The number of rotatable bonds is 2. The molecule has 1 aromatic heterocycles. The van der Waals surface area contributed by atoms with E-state index >= 15 is 0 Å². The fourth-order valence-electron chi connectivity index (χ4n) is 1.52. The van der Waals surface area contributed by atoms with Crippen molar-refractivity contribution in [3.63, 3.8) is 0 Å². The Balaban J connectivity index is 2.40. The van der Waals surface area contributed by atoms with Gasteiger partial charge in [-0.3, -0.25) is 4.57 Å². The Kier molecular flexibility index (Phi) is 4.56. The van der Waals surface area contributed by atoms with Crippen molar-refractivity contribution >= 4 is 49.5 Å². The van der Waals surface area contributed by atoms with Crippen molar-refractivity contribution in [3.05, 3.63) is 45.4 Å². The summed E-state index contributed by atoms with van der Waals surface area (Å²) in [7, 11) is 1.28. The lowest BCUT2D eigenvalue weighted by molar-refractivity contribution is 0.0602. The zero-order chi connectivity index (χ0) is 14.7. The number of hydrogen-bond acceptors (Lipinski definition) is 4. The molecular weight excluding hydrogens is 394 g/mol. The van der Waals surface area contributed by atoms with E-state index in [-0.39, 0.29) is 5.56 Å². The number of aromatic nitrogens is 2. The summed E-state index contributed by atoms with van der Waals surface area (Å²) in [5, 5.41) is 2.64. The van der Waals surface area contributed by atoms with Crippen LogP contribution in [0.1, 0.15) is 10.4 Å². The van der Waals surface area contributed by atoms with Crippen LogP contribution in [0, 0.1) is 0 Å². The van der Waals surface area contributed by atoms with Gasteiger partial charge in [-0.2, -0.15) is 0 Å². The Labute approximate surface area is 131 Å². The van der Waals surface area contributed by atoms with E-state index in [9.17, 15) is 9.59 Å². The van der Waals surface area contributed by atoms with Gasteiger partial charge in [0.15, 0.2) is 0 Å². The second-order valence-electron chi connectivity index (χ2n) is 3.70. The molecule has 0 spiro atoms. The maximum Gasteiger partial charge on any atom is 0.340 e. The molecule has 0 radical (unpaired) electrons. The number of benzene rings is 1. The monoisotopic (exact) mass is 401 g/mol. The van der Waals surface area contributed by atoms with Crippen LogP contribution in [0.4, 0.5) is 10.5 Å². The third-order valence-electron chi connectivity index (χ3n) is 2.43. The van der Waals surface area contributed by atoms with Gasteiger partial charge in [0, 0.05) is 21.3 Å². The van der Waals surface area contributed by atoms with Crippen molar-refractivity contribution in [2.75, 3.05) is 12.4 Å². The Morgan fingerprint density at radius 2 is 2.10 bits per heavy atom. The normalized spacial score (nSPS) is 10.2. The predicted octanol–water partition coefficient (Wildman–Crippen LogP) is 3.27. The molecular formula is C12H9Br2N3O3. The number of nitrogens with one attached hydrogen (secondary N) is 1. The largest absolute Gasteiger partial charge is 0.465 e. The minimum Gasteiger partial charge on any atom is -0.465 e. The number of nitrogens with zero attached hydrogens (tertiary/aromatic N) is 2. The summed E-state index contributed by atoms with van der Waals surface area (Å²) in [5.74, 6) is -0.548. The zero-order valence-corrected chi connectivity index (χ0v) is 13.4. The number of amides is 1. The molecule has 0 saturated carbocycles. The topological polar surface area (TPSA) is 73.2 Å². The van der Waals surface area contributed by atoms with E-state index in [1.165, 1.54) is 30.4 Å². The van der Waals surface area contributed by atoms with Crippen LogP contribution in [0.5, 0.6) is 0 Å². The maximum atomic E-state index is 12.0. The van der Waals surface area contributed by atoms with E-state index < -0.39 is 12.0 Å². The molecule has 1 aromatic carbocycles. The van der Waals surface area contributed by atoms with E-state index in [1.54, 1.807) is 12.1 Å². The van der Waals surface area contributed by atoms with Crippen LogP contribution in [0.2, 0.25) is 0 Å². The summed E-state index contributed by atoms with van der Waals surface area (Å²) in [6, 6.07) is 2.85. The highest BCUT2D eigenvalue weighted by molar-refractivity contribution is 9.11. The number of anilines is 1. The van der Waals surface area contributed by atoms with Crippen molar-refractivity contribution in [2.24, 2.45) is 0 Å². The van der Waals surface area contributed by atoms with Crippen LogP contribution >= 0.6 is 31.9 Å². The SMILES string of the molecule is COC(=O)c1cc(Br)cc(Br)c1NC(=O)n1ccnc1. The molecule has 1 N–H and O–H groups in total. The Morgan fingerprint density at radius 3 is 2.70 bits per heavy atom. The molecule has 2 aromatic rings. The molecule has 104 valence electrons. The number of halogens is 2. The van der Waals surface area contributed by atoms with Crippen LogP contribution < -0.4 is 5.32 Å². The third kappa shape index (κ3) is 3.07. The van der Waals surface area contributed by atoms with E-state index in [0.717, 1.165) is 0 Å². The van der Waals surface area contributed by atoms with E-state index in [1.807, 2.05) is 0 Å². The molecule has 0 aliphatic rings. The lowest BCUT2D eigenvalue weighted by Crippen LogP contribution is -2.20. The minimum atomic E-state index is -0.548. The average molecular weight is 403 g/mol. The maximum absolute atomic E-state index is 12.0. The van der Waals surface area contributed by atoms with Gasteiger partial charge in [-0.1, -0.05) is 15.9 Å². The van der Waals surface area contributed by atoms with E-state index in [0.29, 0.717) is 14.6 Å². The molecule has 6 nitrogen and oxygen atoms in total. The van der Waals surface area contributed by atoms with Crippen molar-refractivity contribution in [3.8, 4) is 0 Å². The molecule has 0 aliphatic carbocycles. The quantitative estimate of drug-likeness (QED) is 0.782. The molecule has 0 aliphatic heterocycles. The van der Waals surface area contributed by atoms with Gasteiger partial charge >= 0.3 is 12.0 Å². The molecule has 0 saturated heterocycles. The van der Waals surface area contributed by atoms with Gasteiger partial charge in [-0.25, -0.2) is 14.6 Å². The summed E-state index contributed by atoms with van der Waals surface area (Å²) >= 11 is 6.59. The van der Waals surface area contributed by atoms with Gasteiger partial charge < -0.3 is 10.1 Å². The summed E-state index contributed by atoms with van der Waals surface area (Å²) in [6.45, 7) is 0. The number of ether oxygens (including phenoxy) is 1. The Hall–Kier alpha value is -1.67. The fraction of sp³-hybridized carbons (Fsp3) is 0.0833. The third-order valence-corrected chi connectivity index (χ3v) is 3.51. The molecule has 20 heavy (non-hydrogen) atoms. The fourth-order valence-corrected chi connectivity index (χ4v) is 2.85. The van der Waals surface area contributed by atoms with Gasteiger partial charge in [0.25, 0.3) is 0 Å². The summed E-state index contributed by atoms with van der Waals surface area (Å²) in [4.78, 5) is 27.6. The molecule has 0 fully saturated rings. The Bertz CT molecular complexity index is 656. The first-order chi connectivity index (χ1) is 9.52. The second-order valence-corrected chi connectivity index (χ2v) is 5.47. The van der Waals surface area contributed by atoms with Crippen LogP contribution in [0.15, 0.2) is 39.8 Å². The Morgan fingerprint density at radius 1 is 1.35 bits per heavy atom. The highest BCUT2D eigenvalue weighted by Crippen LogP contribution is 2.31. The van der Waals surface area contributed by atoms with Crippen molar-refractivity contribution in [1.29, 1.82) is 0 Å². The number of carbonyl (C=O) groups excluding carboxylic acids is 2. The second kappa shape index (κ2) is 6.19. The molecule has 1 heterocycles. The standard InChI is InChI=1S/C12H9Br2N3O3/c1-20-11(18)8-4-7(13)5-9(14)10(8)16-12(19)17-3-2-15-6-17/h2-6H,1H3,(H,16,19). The van der Waals surface area contributed by atoms with Gasteiger partial charge in [0.05, 0.1) is 18.4 Å². The van der Waals surface area contributed by atoms with Gasteiger partial charge in [0.2, 0.25) is 0 Å². The summed E-state index contributed by atoms with van der Waals surface area (Å²) in [6.07, 6.45) is 4.34. The van der Waals surface area contributed by atoms with Gasteiger partial charge in [-0.05, 0) is 28.1 Å². The molecule has 0 bridgehead atoms. The number of hydrogen-bond donors (Lipinski definition) is 1. The number of carbonyl (C=O) groups is 2. The first kappa shape index (κ1) is 14.7. The highest BCUT2D eigenvalue weighted by atomic mass is 79.9. The first-order valence-corrected chi connectivity index (χ1v) is 6.98. The average Bonchev–Trinajstić information content (AvgIpc) is 2.94. The summed E-state index contributed by atoms with van der Waals surface area (Å²) in [5.41, 5.74) is 0.570. The highest BCUT2D eigenvalue weighted by Gasteiger charge is 2.18. The van der Waals surface area contributed by atoms with Crippen LogP contribution in [0.25, 0.3) is 0 Å². The minimum absolute atomic E-state index is 0.238. The van der Waals surface area contributed by atoms with E-state index in [2.05, 4.69) is 42.2 Å². The van der Waals surface area contributed by atoms with Gasteiger partial charge in [-0.15, -0.1) is 0 Å².